The third kappa shape index (κ3) is 3.26. The van der Waals surface area contributed by atoms with Crippen LogP contribution in [0, 0.1) is 11.3 Å². The van der Waals surface area contributed by atoms with Crippen LogP contribution in [0.2, 0.25) is 0 Å². The van der Waals surface area contributed by atoms with Crippen molar-refractivity contribution in [3.8, 4) is 11.8 Å². The van der Waals surface area contributed by atoms with Crippen LogP contribution in [0.3, 0.4) is 0 Å². The van der Waals surface area contributed by atoms with E-state index in [1.54, 1.807) is 12.1 Å². The highest BCUT2D eigenvalue weighted by molar-refractivity contribution is 6.17. The molecular weight excluding hydrogens is 246 g/mol. The third-order valence-corrected chi connectivity index (χ3v) is 2.85. The fourth-order valence-electron chi connectivity index (χ4n) is 1.56. The Morgan fingerprint density at radius 2 is 1.83 bits per heavy atom. The lowest BCUT2D eigenvalue weighted by Crippen LogP contribution is -1.95. The number of rotatable bonds is 4. The third-order valence-electron chi connectivity index (χ3n) is 2.54. The molecule has 2 rings (SSSR count). The van der Waals surface area contributed by atoms with Crippen LogP contribution in [0.25, 0.3) is 0 Å². The number of alkyl halides is 1. The molecule has 2 aromatic carbocycles. The molecule has 0 aliphatic heterocycles. The summed E-state index contributed by atoms with van der Waals surface area (Å²) in [6.07, 6.45) is 0. The SMILES string of the molecule is N#Cc1ccc(COc2cccc(CCl)c2)cc1. The zero-order valence-electron chi connectivity index (χ0n) is 9.77. The van der Waals surface area contributed by atoms with E-state index in [1.165, 1.54) is 0 Å². The van der Waals surface area contributed by atoms with E-state index in [0.717, 1.165) is 16.9 Å². The molecule has 0 radical (unpaired) electrons. The van der Waals surface area contributed by atoms with E-state index in [1.807, 2.05) is 36.4 Å². The van der Waals surface area contributed by atoms with Gasteiger partial charge in [-0.05, 0) is 35.4 Å². The molecule has 18 heavy (non-hydrogen) atoms. The summed E-state index contributed by atoms with van der Waals surface area (Å²) in [5.41, 5.74) is 2.72. The molecule has 0 aliphatic rings. The molecule has 0 saturated carbocycles. The minimum Gasteiger partial charge on any atom is -0.489 e. The number of nitriles is 1. The van der Waals surface area contributed by atoms with Gasteiger partial charge in [-0.3, -0.25) is 0 Å². The summed E-state index contributed by atoms with van der Waals surface area (Å²) < 4.78 is 5.67. The average Bonchev–Trinajstić information content (AvgIpc) is 2.46. The van der Waals surface area contributed by atoms with Crippen LogP contribution in [-0.2, 0) is 12.5 Å². The summed E-state index contributed by atoms with van der Waals surface area (Å²) in [6, 6.07) is 17.2. The molecule has 0 saturated heterocycles. The van der Waals surface area contributed by atoms with Crippen molar-refractivity contribution in [2.75, 3.05) is 0 Å². The quantitative estimate of drug-likeness (QED) is 0.779. The van der Waals surface area contributed by atoms with Crippen LogP contribution in [0.15, 0.2) is 48.5 Å². The first-order valence-corrected chi connectivity index (χ1v) is 6.12. The topological polar surface area (TPSA) is 33.0 Å². The van der Waals surface area contributed by atoms with Crippen molar-refractivity contribution in [3.63, 3.8) is 0 Å². The molecule has 0 N–H and O–H groups in total. The van der Waals surface area contributed by atoms with Gasteiger partial charge in [0.05, 0.1) is 11.6 Å². The Balaban J connectivity index is 2.00. The van der Waals surface area contributed by atoms with E-state index in [0.29, 0.717) is 18.1 Å². The second-order valence-corrected chi connectivity index (χ2v) is 4.15. The molecule has 0 atom stereocenters. The van der Waals surface area contributed by atoms with Gasteiger partial charge >= 0.3 is 0 Å². The van der Waals surface area contributed by atoms with Crippen molar-refractivity contribution < 1.29 is 4.74 Å². The molecule has 2 aromatic rings. The summed E-state index contributed by atoms with van der Waals surface area (Å²) in [7, 11) is 0. The van der Waals surface area contributed by atoms with Crippen LogP contribution >= 0.6 is 11.6 Å². The van der Waals surface area contributed by atoms with E-state index in [9.17, 15) is 0 Å². The standard InChI is InChI=1S/C15H12ClNO/c16-9-14-2-1-3-15(8-14)18-11-13-6-4-12(10-17)5-7-13/h1-8H,9,11H2. The predicted molar refractivity (Wildman–Crippen MR) is 71.5 cm³/mol. The second kappa shape index (κ2) is 6.09. The van der Waals surface area contributed by atoms with Crippen molar-refractivity contribution in [1.82, 2.24) is 0 Å². The summed E-state index contributed by atoms with van der Waals surface area (Å²) in [6.45, 7) is 0.484. The predicted octanol–water partition coefficient (Wildman–Crippen LogP) is 3.88. The number of hydrogen-bond acceptors (Lipinski definition) is 2. The Morgan fingerprint density at radius 1 is 1.06 bits per heavy atom. The van der Waals surface area contributed by atoms with Gasteiger partial charge < -0.3 is 4.74 Å². The smallest absolute Gasteiger partial charge is 0.120 e. The largest absolute Gasteiger partial charge is 0.489 e. The van der Waals surface area contributed by atoms with Crippen molar-refractivity contribution in [2.24, 2.45) is 0 Å². The lowest BCUT2D eigenvalue weighted by atomic mass is 10.1. The Morgan fingerprint density at radius 3 is 2.50 bits per heavy atom. The average molecular weight is 258 g/mol. The molecule has 2 nitrogen and oxygen atoms in total. The zero-order chi connectivity index (χ0) is 12.8. The zero-order valence-corrected chi connectivity index (χ0v) is 10.5. The van der Waals surface area contributed by atoms with Crippen LogP contribution < -0.4 is 4.74 Å². The Hall–Kier alpha value is -1.98. The summed E-state index contributed by atoms with van der Waals surface area (Å²) in [5, 5.41) is 8.70. The molecule has 3 heteroatoms. The summed E-state index contributed by atoms with van der Waals surface area (Å²) in [5.74, 6) is 1.28. The van der Waals surface area contributed by atoms with E-state index >= 15 is 0 Å². The second-order valence-electron chi connectivity index (χ2n) is 3.88. The van der Waals surface area contributed by atoms with Gasteiger partial charge in [0.1, 0.15) is 12.4 Å². The van der Waals surface area contributed by atoms with Crippen molar-refractivity contribution in [1.29, 1.82) is 5.26 Å². The van der Waals surface area contributed by atoms with Gasteiger partial charge in [0, 0.05) is 5.88 Å². The molecule has 0 bridgehead atoms. The number of halogens is 1. The van der Waals surface area contributed by atoms with E-state index in [4.69, 9.17) is 21.6 Å². The normalized spacial score (nSPS) is 9.78. The minimum absolute atomic E-state index is 0.480. The molecular formula is C15H12ClNO. The van der Waals surface area contributed by atoms with Crippen molar-refractivity contribution in [2.45, 2.75) is 12.5 Å². The maximum absolute atomic E-state index is 8.70. The number of hydrogen-bond donors (Lipinski definition) is 0. The molecule has 0 aliphatic carbocycles. The Kier molecular flexibility index (Phi) is 4.22. The molecule has 0 aromatic heterocycles. The lowest BCUT2D eigenvalue weighted by molar-refractivity contribution is 0.306. The van der Waals surface area contributed by atoms with Gasteiger partial charge in [-0.1, -0.05) is 24.3 Å². The van der Waals surface area contributed by atoms with E-state index < -0.39 is 0 Å². The highest BCUT2D eigenvalue weighted by atomic mass is 35.5. The van der Waals surface area contributed by atoms with Crippen LogP contribution in [-0.4, -0.2) is 0 Å². The molecule has 0 spiro atoms. The van der Waals surface area contributed by atoms with Gasteiger partial charge in [0.25, 0.3) is 0 Å². The van der Waals surface area contributed by atoms with Crippen LogP contribution in [0.4, 0.5) is 0 Å². The van der Waals surface area contributed by atoms with E-state index in [-0.39, 0.29) is 0 Å². The van der Waals surface area contributed by atoms with Gasteiger partial charge in [-0.2, -0.15) is 5.26 Å². The molecule has 0 unspecified atom stereocenters. The monoisotopic (exact) mass is 257 g/mol. The first-order valence-electron chi connectivity index (χ1n) is 5.58. The van der Waals surface area contributed by atoms with Gasteiger partial charge in [0.15, 0.2) is 0 Å². The number of benzene rings is 2. The first kappa shape index (κ1) is 12.5. The fraction of sp³-hybridized carbons (Fsp3) is 0.133. The number of ether oxygens (including phenoxy) is 1. The van der Waals surface area contributed by atoms with Crippen LogP contribution in [0.5, 0.6) is 5.75 Å². The maximum atomic E-state index is 8.70. The molecule has 0 fully saturated rings. The van der Waals surface area contributed by atoms with Gasteiger partial charge in [-0.15, -0.1) is 11.6 Å². The fourth-order valence-corrected chi connectivity index (χ4v) is 1.73. The van der Waals surface area contributed by atoms with Gasteiger partial charge in [-0.25, -0.2) is 0 Å². The van der Waals surface area contributed by atoms with Crippen molar-refractivity contribution >= 4 is 11.6 Å². The minimum atomic E-state index is 0.480. The first-order chi connectivity index (χ1) is 8.81. The summed E-state index contributed by atoms with van der Waals surface area (Å²) in [4.78, 5) is 0. The molecule has 0 heterocycles. The molecule has 90 valence electrons. The highest BCUT2D eigenvalue weighted by Gasteiger charge is 1.98. The summed E-state index contributed by atoms with van der Waals surface area (Å²) >= 11 is 5.76. The van der Waals surface area contributed by atoms with Crippen LogP contribution in [0.1, 0.15) is 16.7 Å². The van der Waals surface area contributed by atoms with E-state index in [2.05, 4.69) is 6.07 Å². The molecule has 0 amide bonds. The maximum Gasteiger partial charge on any atom is 0.120 e. The Bertz CT molecular complexity index is 557. The number of nitrogens with zero attached hydrogens (tertiary/aromatic N) is 1. The highest BCUT2D eigenvalue weighted by Crippen LogP contribution is 2.16. The van der Waals surface area contributed by atoms with Gasteiger partial charge in [0.2, 0.25) is 0 Å². The van der Waals surface area contributed by atoms with Crippen molar-refractivity contribution in [3.05, 3.63) is 65.2 Å². The lowest BCUT2D eigenvalue weighted by Gasteiger charge is -2.07. The Labute approximate surface area is 111 Å².